The van der Waals surface area contributed by atoms with Crippen LogP contribution in [0.4, 0.5) is 0 Å². The zero-order valence-electron chi connectivity index (χ0n) is 18.0. The Morgan fingerprint density at radius 2 is 1.77 bits per heavy atom. The Morgan fingerprint density at radius 3 is 2.55 bits per heavy atom. The number of hydrogen-bond donors (Lipinski definition) is 2. The summed E-state index contributed by atoms with van der Waals surface area (Å²) in [6.45, 7) is 3.33. The highest BCUT2D eigenvalue weighted by Gasteiger charge is 2.24. The third kappa shape index (κ3) is 6.15. The molecule has 1 atom stereocenters. The Morgan fingerprint density at radius 1 is 1.06 bits per heavy atom. The number of amides is 1. The van der Waals surface area contributed by atoms with Crippen LogP contribution in [0.3, 0.4) is 0 Å². The van der Waals surface area contributed by atoms with Crippen LogP contribution < -0.4 is 16.0 Å². The molecule has 0 aliphatic carbocycles. The summed E-state index contributed by atoms with van der Waals surface area (Å²) in [5.41, 5.74) is 4.30. The highest BCUT2D eigenvalue weighted by molar-refractivity contribution is 5.79. The van der Waals surface area contributed by atoms with Crippen molar-refractivity contribution in [1.82, 2.24) is 14.9 Å². The number of aromatic amines is 1. The van der Waals surface area contributed by atoms with Crippen LogP contribution in [-0.2, 0) is 4.79 Å². The molecular formula is C24H31N4O3+. The van der Waals surface area contributed by atoms with Gasteiger partial charge in [-0.15, -0.1) is 0 Å². The summed E-state index contributed by atoms with van der Waals surface area (Å²) in [5.74, 6) is 0.995. The molecule has 31 heavy (non-hydrogen) atoms. The molecule has 4 N–H and O–H groups in total. The summed E-state index contributed by atoms with van der Waals surface area (Å²) in [6.07, 6.45) is 4.07. The summed E-state index contributed by atoms with van der Waals surface area (Å²) in [4.78, 5) is 34.8. The van der Waals surface area contributed by atoms with Gasteiger partial charge in [0.05, 0.1) is 23.5 Å². The number of aromatic nitrogens is 2. The topological polar surface area (TPSA) is 103 Å². The minimum absolute atomic E-state index is 0.0644. The van der Waals surface area contributed by atoms with Crippen LogP contribution >= 0.6 is 0 Å². The lowest BCUT2D eigenvalue weighted by atomic mass is 10.1. The van der Waals surface area contributed by atoms with E-state index in [9.17, 15) is 9.59 Å². The summed E-state index contributed by atoms with van der Waals surface area (Å²) in [6, 6.07) is 16.1. The predicted octanol–water partition coefficient (Wildman–Crippen LogP) is 2.69. The van der Waals surface area contributed by atoms with E-state index < -0.39 is 0 Å². The average molecular weight is 424 g/mol. The molecular weight excluding hydrogens is 392 g/mol. The van der Waals surface area contributed by atoms with E-state index in [4.69, 9.17) is 4.74 Å². The first-order valence-electron chi connectivity index (χ1n) is 10.9. The van der Waals surface area contributed by atoms with Crippen molar-refractivity contribution in [2.75, 3.05) is 19.7 Å². The molecule has 0 radical (unpaired) electrons. The van der Waals surface area contributed by atoms with Gasteiger partial charge in [-0.3, -0.25) is 9.59 Å². The van der Waals surface area contributed by atoms with E-state index in [0.29, 0.717) is 29.0 Å². The summed E-state index contributed by atoms with van der Waals surface area (Å²) >= 11 is 0. The maximum Gasteiger partial charge on any atom is 0.261 e. The van der Waals surface area contributed by atoms with Gasteiger partial charge in [0.25, 0.3) is 11.5 Å². The lowest BCUT2D eigenvalue weighted by Gasteiger charge is -2.29. The maximum atomic E-state index is 13.1. The van der Waals surface area contributed by atoms with Crippen molar-refractivity contribution in [3.63, 3.8) is 0 Å². The Balaban J connectivity index is 1.77. The molecule has 2 aromatic carbocycles. The molecule has 3 rings (SSSR count). The molecule has 7 heteroatoms. The minimum atomic E-state index is -0.378. The fraction of sp³-hybridized carbons (Fsp3) is 0.375. The van der Waals surface area contributed by atoms with E-state index in [1.165, 1.54) is 0 Å². The van der Waals surface area contributed by atoms with Gasteiger partial charge in [0.15, 0.2) is 6.61 Å². The van der Waals surface area contributed by atoms with Gasteiger partial charge in [-0.1, -0.05) is 36.8 Å². The molecule has 0 fully saturated rings. The van der Waals surface area contributed by atoms with Crippen LogP contribution in [0.1, 0.15) is 44.5 Å². The fourth-order valence-electron chi connectivity index (χ4n) is 3.54. The third-order valence-electron chi connectivity index (χ3n) is 5.32. The number of rotatable bonds is 11. The highest BCUT2D eigenvalue weighted by Crippen LogP contribution is 2.20. The first-order chi connectivity index (χ1) is 15.1. The second-order valence-corrected chi connectivity index (χ2v) is 7.60. The van der Waals surface area contributed by atoms with E-state index in [0.717, 1.165) is 32.2 Å². The van der Waals surface area contributed by atoms with Gasteiger partial charge in [-0.2, -0.15) is 0 Å². The molecule has 0 spiro atoms. The van der Waals surface area contributed by atoms with E-state index in [1.807, 2.05) is 55.5 Å². The molecule has 0 bridgehead atoms. The van der Waals surface area contributed by atoms with Gasteiger partial charge in [-0.05, 0) is 50.5 Å². The second kappa shape index (κ2) is 11.3. The standard InChI is InChI=1S/C24H30N4O3/c1-18(23-26-21-14-8-7-13-20(21)24(30)27-23)28(16-10-3-2-9-15-25)22(29)17-31-19-11-5-4-6-12-19/h4-8,11-14,18H,2-3,9-10,15-17,25H2,1H3,(H,26,27,30)/p+1/t18-/m0/s1. The number of hydrogen-bond acceptors (Lipinski definition) is 4. The third-order valence-corrected chi connectivity index (χ3v) is 5.32. The molecule has 3 aromatic rings. The molecule has 0 aliphatic heterocycles. The summed E-state index contributed by atoms with van der Waals surface area (Å²) < 4.78 is 5.68. The quantitative estimate of drug-likeness (QED) is 0.463. The first-order valence-corrected chi connectivity index (χ1v) is 10.9. The summed E-state index contributed by atoms with van der Waals surface area (Å²) in [7, 11) is 0. The number of unbranched alkanes of at least 4 members (excludes halogenated alkanes) is 3. The molecule has 1 aromatic heterocycles. The molecule has 164 valence electrons. The van der Waals surface area contributed by atoms with Crippen molar-refractivity contribution in [1.29, 1.82) is 0 Å². The number of nitrogens with one attached hydrogen (secondary N) is 1. The van der Waals surface area contributed by atoms with Crippen molar-refractivity contribution >= 4 is 16.8 Å². The highest BCUT2D eigenvalue weighted by atomic mass is 16.5. The minimum Gasteiger partial charge on any atom is -0.484 e. The lowest BCUT2D eigenvalue weighted by Crippen LogP contribution is -2.50. The molecule has 0 aliphatic rings. The number of nitrogens with zero attached hydrogens (tertiary/aromatic N) is 2. The Hall–Kier alpha value is -3.19. The van der Waals surface area contributed by atoms with Crippen LogP contribution in [0.2, 0.25) is 0 Å². The van der Waals surface area contributed by atoms with Gasteiger partial charge < -0.3 is 20.4 Å². The van der Waals surface area contributed by atoms with Crippen LogP contribution in [0, 0.1) is 0 Å². The average Bonchev–Trinajstić information content (AvgIpc) is 2.80. The maximum absolute atomic E-state index is 13.1. The fourth-order valence-corrected chi connectivity index (χ4v) is 3.54. The largest absolute Gasteiger partial charge is 0.484 e. The van der Waals surface area contributed by atoms with Crippen molar-refractivity contribution < 1.29 is 15.3 Å². The van der Waals surface area contributed by atoms with Crippen molar-refractivity contribution in [2.24, 2.45) is 0 Å². The van der Waals surface area contributed by atoms with Gasteiger partial charge in [0.2, 0.25) is 0 Å². The van der Waals surface area contributed by atoms with Gasteiger partial charge >= 0.3 is 0 Å². The van der Waals surface area contributed by atoms with Crippen molar-refractivity contribution in [3.8, 4) is 5.75 Å². The van der Waals surface area contributed by atoms with Crippen LogP contribution in [0.15, 0.2) is 59.4 Å². The number of fused-ring (bicyclic) bond motifs is 1. The van der Waals surface area contributed by atoms with Gasteiger partial charge in [0, 0.05) is 6.54 Å². The van der Waals surface area contributed by atoms with E-state index in [2.05, 4.69) is 15.7 Å². The molecule has 1 heterocycles. The Labute approximate surface area is 182 Å². The zero-order chi connectivity index (χ0) is 22.1. The van der Waals surface area contributed by atoms with Crippen LogP contribution in [0.25, 0.3) is 10.9 Å². The molecule has 0 saturated carbocycles. The number of H-pyrrole nitrogens is 1. The predicted molar refractivity (Wildman–Crippen MR) is 121 cm³/mol. The molecule has 0 unspecified atom stereocenters. The normalized spacial score (nSPS) is 11.9. The smallest absolute Gasteiger partial charge is 0.261 e. The van der Waals surface area contributed by atoms with E-state index in [1.54, 1.807) is 11.0 Å². The van der Waals surface area contributed by atoms with Crippen LogP contribution in [-0.4, -0.2) is 40.5 Å². The monoisotopic (exact) mass is 423 g/mol. The first kappa shape index (κ1) is 22.5. The number of carbonyl (C=O) groups excluding carboxylic acids is 1. The van der Waals surface area contributed by atoms with Gasteiger partial charge in [0.1, 0.15) is 11.6 Å². The molecule has 7 nitrogen and oxygen atoms in total. The number of ether oxygens (including phenoxy) is 1. The van der Waals surface area contributed by atoms with E-state index >= 15 is 0 Å². The number of benzene rings is 2. The van der Waals surface area contributed by atoms with Crippen molar-refractivity contribution in [2.45, 2.75) is 38.6 Å². The lowest BCUT2D eigenvalue weighted by molar-refractivity contribution is -0.368. The number of para-hydroxylation sites is 2. The van der Waals surface area contributed by atoms with Gasteiger partial charge in [-0.25, -0.2) is 4.98 Å². The number of quaternary nitrogens is 1. The second-order valence-electron chi connectivity index (χ2n) is 7.60. The van der Waals surface area contributed by atoms with Crippen molar-refractivity contribution in [3.05, 3.63) is 70.8 Å². The Kier molecular flexibility index (Phi) is 8.18. The number of carbonyl (C=O) groups is 1. The SMILES string of the molecule is C[C@@H](c1nc2ccccc2c(=O)[nH]1)N(CCCCCC[NH3+])C(=O)COc1ccccc1. The van der Waals surface area contributed by atoms with E-state index in [-0.39, 0.29) is 24.1 Å². The Bertz CT molecular complexity index is 1040. The van der Waals surface area contributed by atoms with Crippen LogP contribution in [0.5, 0.6) is 5.75 Å². The zero-order valence-corrected chi connectivity index (χ0v) is 18.0. The summed E-state index contributed by atoms with van der Waals surface area (Å²) in [5, 5.41) is 0.539. The molecule has 1 amide bonds. The molecule has 0 saturated heterocycles.